The van der Waals surface area contributed by atoms with Crippen molar-refractivity contribution in [3.05, 3.63) is 36.0 Å². The van der Waals surface area contributed by atoms with Gasteiger partial charge in [-0.3, -0.25) is 14.4 Å². The highest BCUT2D eigenvalue weighted by Gasteiger charge is 2.53. The van der Waals surface area contributed by atoms with Crippen LogP contribution in [0.15, 0.2) is 30.4 Å². The molecule has 5 aliphatic rings. The Hall–Kier alpha value is -3.14. The van der Waals surface area contributed by atoms with Crippen molar-refractivity contribution >= 4 is 24.0 Å². The van der Waals surface area contributed by atoms with E-state index in [-0.39, 0.29) is 25.7 Å². The van der Waals surface area contributed by atoms with Crippen molar-refractivity contribution in [1.29, 1.82) is 0 Å². The number of aliphatic hydroxyl groups excluding tert-OH is 3. The van der Waals surface area contributed by atoms with Gasteiger partial charge in [0, 0.05) is 38.5 Å². The lowest BCUT2D eigenvalue weighted by Crippen LogP contribution is -2.66. The van der Waals surface area contributed by atoms with Crippen molar-refractivity contribution in [2.45, 2.75) is 184 Å². The van der Waals surface area contributed by atoms with Crippen molar-refractivity contribution in [2.75, 3.05) is 26.3 Å². The first-order valence-corrected chi connectivity index (χ1v) is 21.8. The lowest BCUT2D eigenvalue weighted by Gasteiger charge is -2.50. The highest BCUT2D eigenvalue weighted by atomic mass is 16.7. The third-order valence-corrected chi connectivity index (χ3v) is 12.4. The summed E-state index contributed by atoms with van der Waals surface area (Å²) in [6, 6.07) is 4.30. The van der Waals surface area contributed by atoms with E-state index >= 15 is 0 Å². The molecule has 0 aliphatic carbocycles. The van der Waals surface area contributed by atoms with Crippen molar-refractivity contribution < 1.29 is 72.8 Å². The molecule has 0 radical (unpaired) electrons. The van der Waals surface area contributed by atoms with E-state index in [4.69, 9.17) is 38.0 Å². The minimum absolute atomic E-state index is 0.0460. The molecule has 350 valence electrons. The maximum atomic E-state index is 13.4. The molecule has 0 spiro atoms. The summed E-state index contributed by atoms with van der Waals surface area (Å²) in [5.41, 5.74) is -0.739. The van der Waals surface area contributed by atoms with Gasteiger partial charge in [0.05, 0.1) is 49.0 Å². The van der Waals surface area contributed by atoms with Crippen LogP contribution in [0.3, 0.4) is 0 Å². The number of carbonyl (C=O) groups excluding carboxylic acids is 3. The second-order valence-electron chi connectivity index (χ2n) is 17.8. The SMILES string of the molecule is CCC(=O)O[C@H]1[C@H](C)O[C@@H](O[C@H]2[C@H](N(C)C)[C@@H](O)[C@H](O[C@H]3[C@@H](CC=O)C[C@@H](C)[C@@H](O)[C@H]4C=C[C@@H](C[C@@H](C)OC(=O)C[C@@H](O)[C@@H]3OC)N(c3cccc(C)n3)O4)O[C@@H]2C)C[C@@]1(C)O. The van der Waals surface area contributed by atoms with Gasteiger partial charge in [-0.2, -0.15) is 0 Å². The molecule has 6 rings (SSSR count). The second kappa shape index (κ2) is 21.7. The molecule has 3 saturated heterocycles. The Kier molecular flexibility index (Phi) is 17.4. The molecule has 0 amide bonds. The van der Waals surface area contributed by atoms with E-state index in [0.717, 1.165) is 5.69 Å². The van der Waals surface area contributed by atoms with Crippen LogP contribution >= 0.6 is 0 Å². The monoisotopic (exact) mass is 879 g/mol. The van der Waals surface area contributed by atoms with Crippen LogP contribution in [0.4, 0.5) is 5.82 Å². The predicted molar refractivity (Wildman–Crippen MR) is 222 cm³/mol. The Bertz CT molecular complexity index is 1670. The number of hydrogen-bond donors (Lipinski definition) is 4. The zero-order valence-corrected chi connectivity index (χ0v) is 37.6. The number of ether oxygens (including phenoxy) is 7. The van der Waals surface area contributed by atoms with E-state index in [9.17, 15) is 34.8 Å². The molecule has 0 aromatic carbocycles. The van der Waals surface area contributed by atoms with Crippen LogP contribution in [0.1, 0.15) is 85.8 Å². The summed E-state index contributed by atoms with van der Waals surface area (Å²) in [4.78, 5) is 50.8. The third kappa shape index (κ3) is 11.9. The number of aliphatic hydroxyl groups is 4. The van der Waals surface area contributed by atoms with Crippen LogP contribution in [-0.4, -0.2) is 167 Å². The zero-order chi connectivity index (χ0) is 45.6. The first kappa shape index (κ1) is 49.9. The van der Waals surface area contributed by atoms with E-state index in [1.165, 1.54) is 7.11 Å². The van der Waals surface area contributed by atoms with Gasteiger partial charge in [-0.15, -0.1) is 0 Å². The number of rotatable bonds is 11. The lowest BCUT2D eigenvalue weighted by molar-refractivity contribution is -0.344. The summed E-state index contributed by atoms with van der Waals surface area (Å²) >= 11 is 0. The van der Waals surface area contributed by atoms with Crippen LogP contribution in [0.25, 0.3) is 0 Å². The molecule has 6 heterocycles. The molecule has 3 fully saturated rings. The molecule has 4 N–H and O–H groups in total. The van der Waals surface area contributed by atoms with E-state index in [1.807, 2.05) is 32.1 Å². The highest BCUT2D eigenvalue weighted by Crippen LogP contribution is 2.38. The molecule has 5 aliphatic heterocycles. The molecule has 1 aromatic rings. The Labute approximate surface area is 364 Å². The molecular weight excluding hydrogens is 810 g/mol. The second-order valence-corrected chi connectivity index (χ2v) is 17.8. The van der Waals surface area contributed by atoms with Gasteiger partial charge in [0.25, 0.3) is 0 Å². The van der Waals surface area contributed by atoms with Gasteiger partial charge in [-0.25, -0.2) is 10.0 Å². The fourth-order valence-electron chi connectivity index (χ4n) is 9.21. The largest absolute Gasteiger partial charge is 0.462 e. The van der Waals surface area contributed by atoms with E-state index in [0.29, 0.717) is 18.5 Å². The summed E-state index contributed by atoms with van der Waals surface area (Å²) in [6.07, 6.45) is -9.12. The number of aryl methyl sites for hydroxylation is 1. The topological polar surface area (TPSA) is 225 Å². The maximum absolute atomic E-state index is 13.4. The van der Waals surface area contributed by atoms with Crippen molar-refractivity contribution in [2.24, 2.45) is 11.8 Å². The van der Waals surface area contributed by atoms with Crippen LogP contribution in [0.2, 0.25) is 0 Å². The normalized spacial score (nSPS) is 41.2. The number of likely N-dealkylation sites (N-methyl/N-ethyl adjacent to an activating group) is 1. The molecule has 18 heteroatoms. The molecule has 62 heavy (non-hydrogen) atoms. The van der Waals surface area contributed by atoms with Gasteiger partial charge >= 0.3 is 11.9 Å². The number of esters is 2. The average Bonchev–Trinajstić information content (AvgIpc) is 3.19. The maximum Gasteiger partial charge on any atom is 0.308 e. The Morgan fingerprint density at radius 1 is 1.02 bits per heavy atom. The molecule has 1 aromatic heterocycles. The third-order valence-electron chi connectivity index (χ3n) is 12.4. The van der Waals surface area contributed by atoms with Gasteiger partial charge in [-0.1, -0.05) is 32.1 Å². The molecule has 18 atom stereocenters. The summed E-state index contributed by atoms with van der Waals surface area (Å²) < 4.78 is 42.8. The fourth-order valence-corrected chi connectivity index (χ4v) is 9.21. The number of nitrogens with zero attached hydrogens (tertiary/aromatic N) is 3. The van der Waals surface area contributed by atoms with Crippen LogP contribution in [0.5, 0.6) is 0 Å². The number of anilines is 1. The Morgan fingerprint density at radius 3 is 2.37 bits per heavy atom. The van der Waals surface area contributed by atoms with Crippen molar-refractivity contribution in [1.82, 2.24) is 9.88 Å². The first-order chi connectivity index (χ1) is 29.3. The van der Waals surface area contributed by atoms with E-state index in [1.54, 1.807) is 70.8 Å². The van der Waals surface area contributed by atoms with Gasteiger partial charge in [0.1, 0.15) is 42.4 Å². The first-order valence-electron chi connectivity index (χ1n) is 21.8. The fraction of sp³-hybridized carbons (Fsp3) is 0.773. The summed E-state index contributed by atoms with van der Waals surface area (Å²) in [5, 5.41) is 48.6. The highest BCUT2D eigenvalue weighted by molar-refractivity contribution is 5.70. The number of carbonyl (C=O) groups is 3. The van der Waals surface area contributed by atoms with Crippen LogP contribution in [0, 0.1) is 18.8 Å². The smallest absolute Gasteiger partial charge is 0.308 e. The molecule has 0 unspecified atom stereocenters. The number of hydroxylamine groups is 1. The molecule has 2 bridgehead atoms. The summed E-state index contributed by atoms with van der Waals surface area (Å²) in [6.45, 7) is 12.0. The van der Waals surface area contributed by atoms with Crippen molar-refractivity contribution in [3.63, 3.8) is 0 Å². The predicted octanol–water partition coefficient (Wildman–Crippen LogP) is 2.14. The van der Waals surface area contributed by atoms with E-state index in [2.05, 4.69) is 4.98 Å². The number of hydrogen-bond acceptors (Lipinski definition) is 18. The standard InChI is InChI=1S/C44H69N3O15/c1-11-33(50)59-42-27(6)57-35(22-44(42,7)54)60-39-26(5)58-43(38(53)36(39)46(8)9)61-40-28(17-18-48)19-23(2)37(52)31-16-15-29(47(62-31)32-14-12-13-24(3)45-32)20-25(4)56-34(51)21-30(49)41(40)55-10/h12-16,18,23,25-31,35-43,49,52-54H,11,17,19-22H2,1-10H3/t23-,25-,26-,27+,28+,29+,30-,31-,35+,36-,37-,38-,39-,40+,41+,42+,43+,44-/m1/s1. The Balaban J connectivity index is 1.42. The number of methoxy groups -OCH3 is 1. The Morgan fingerprint density at radius 2 is 1.74 bits per heavy atom. The minimum atomic E-state index is -1.49. The molecule has 18 nitrogen and oxygen atoms in total. The number of pyridine rings is 1. The quantitative estimate of drug-likeness (QED) is 0.142. The van der Waals surface area contributed by atoms with Gasteiger partial charge in [0.15, 0.2) is 24.5 Å². The molecule has 0 saturated carbocycles. The van der Waals surface area contributed by atoms with Gasteiger partial charge in [-0.05, 0) is 79.1 Å². The van der Waals surface area contributed by atoms with Crippen LogP contribution in [-0.2, 0) is 52.4 Å². The lowest BCUT2D eigenvalue weighted by atomic mass is 9.81. The average molecular weight is 880 g/mol. The van der Waals surface area contributed by atoms with Gasteiger partial charge in [0.2, 0.25) is 0 Å². The minimum Gasteiger partial charge on any atom is -0.462 e. The summed E-state index contributed by atoms with van der Waals surface area (Å²) in [7, 11) is 4.84. The number of aldehydes is 1. The number of fused-ring (bicyclic) bond motifs is 12. The zero-order valence-electron chi connectivity index (χ0n) is 37.6. The van der Waals surface area contributed by atoms with E-state index < -0.39 is 128 Å². The van der Waals surface area contributed by atoms with Crippen molar-refractivity contribution in [3.8, 4) is 0 Å². The summed E-state index contributed by atoms with van der Waals surface area (Å²) in [5.74, 6) is -1.94. The number of aromatic nitrogens is 1. The van der Waals surface area contributed by atoms with Gasteiger partial charge < -0.3 is 63.3 Å². The molecular formula is C44H69N3O15. The van der Waals surface area contributed by atoms with Crippen LogP contribution < -0.4 is 5.06 Å².